The number of halogens is 1. The highest BCUT2D eigenvalue weighted by Crippen LogP contribution is 2.19. The number of nitrogens with zero attached hydrogens (tertiary/aromatic N) is 1. The first-order valence-corrected chi connectivity index (χ1v) is 6.54. The van der Waals surface area contributed by atoms with Gasteiger partial charge in [0.2, 0.25) is 0 Å². The first-order valence-electron chi connectivity index (χ1n) is 5.74. The van der Waals surface area contributed by atoms with E-state index >= 15 is 0 Å². The topological polar surface area (TPSA) is 54.3 Å². The van der Waals surface area contributed by atoms with Gasteiger partial charge < -0.3 is 15.0 Å². The van der Waals surface area contributed by atoms with Gasteiger partial charge in [-0.1, -0.05) is 0 Å². The van der Waals surface area contributed by atoms with Crippen LogP contribution in [0.25, 0.3) is 0 Å². The van der Waals surface area contributed by atoms with Crippen LogP contribution in [-0.4, -0.2) is 28.2 Å². The van der Waals surface area contributed by atoms with Crippen LogP contribution in [-0.2, 0) is 0 Å². The number of aliphatic hydroxyl groups is 1. The monoisotopic (exact) mass is 302 g/mol. The molecule has 1 heterocycles. The molecule has 0 saturated heterocycles. The van der Waals surface area contributed by atoms with Crippen molar-refractivity contribution < 1.29 is 9.90 Å². The van der Waals surface area contributed by atoms with Crippen LogP contribution in [0.15, 0.2) is 16.7 Å². The second kappa shape index (κ2) is 6.21. The van der Waals surface area contributed by atoms with Crippen LogP contribution in [0.4, 0.5) is 0 Å². The molecule has 1 unspecified atom stereocenters. The van der Waals surface area contributed by atoms with Crippen LogP contribution in [0.5, 0.6) is 0 Å². The summed E-state index contributed by atoms with van der Waals surface area (Å²) in [6, 6.07) is 2.01. The fraction of sp³-hybridized carbons (Fsp3) is 0.583. The highest BCUT2D eigenvalue weighted by atomic mass is 79.9. The smallest absolute Gasteiger partial charge is 0.268 e. The molecule has 0 radical (unpaired) electrons. The molecule has 0 saturated carbocycles. The number of aliphatic hydroxyl groups excluding tert-OH is 1. The third-order valence-electron chi connectivity index (χ3n) is 2.54. The standard InChI is InChI=1S/C12H19BrN2O2/c1-8(2)15-7-10(13)6-11(15)12(17)14-9(3)4-5-16/h6-9,16H,4-5H2,1-3H3,(H,14,17). The van der Waals surface area contributed by atoms with Crippen LogP contribution in [0.1, 0.15) is 43.7 Å². The van der Waals surface area contributed by atoms with Crippen molar-refractivity contribution in [3.63, 3.8) is 0 Å². The van der Waals surface area contributed by atoms with Crippen molar-refractivity contribution in [2.75, 3.05) is 6.61 Å². The Hall–Kier alpha value is -0.810. The van der Waals surface area contributed by atoms with E-state index in [1.54, 1.807) is 6.07 Å². The molecule has 0 aliphatic carbocycles. The maximum absolute atomic E-state index is 12.0. The molecule has 0 bridgehead atoms. The molecular formula is C12H19BrN2O2. The second-order valence-corrected chi connectivity index (χ2v) is 5.35. The minimum atomic E-state index is -0.106. The van der Waals surface area contributed by atoms with E-state index in [2.05, 4.69) is 21.2 Å². The van der Waals surface area contributed by atoms with Gasteiger partial charge in [0.05, 0.1) is 0 Å². The Bertz CT molecular complexity index is 388. The summed E-state index contributed by atoms with van der Waals surface area (Å²) in [5.41, 5.74) is 0.636. The van der Waals surface area contributed by atoms with E-state index in [9.17, 15) is 4.79 Å². The number of nitrogens with one attached hydrogen (secondary N) is 1. The Morgan fingerprint density at radius 2 is 2.18 bits per heavy atom. The van der Waals surface area contributed by atoms with Gasteiger partial charge in [-0.2, -0.15) is 0 Å². The molecule has 5 heteroatoms. The Kier molecular flexibility index (Phi) is 5.21. The number of hydrogen-bond donors (Lipinski definition) is 2. The minimum Gasteiger partial charge on any atom is -0.396 e. The van der Waals surface area contributed by atoms with Gasteiger partial charge in [0.25, 0.3) is 5.91 Å². The van der Waals surface area contributed by atoms with Gasteiger partial charge in [-0.15, -0.1) is 0 Å². The van der Waals surface area contributed by atoms with Crippen LogP contribution < -0.4 is 5.32 Å². The zero-order valence-electron chi connectivity index (χ0n) is 10.4. The minimum absolute atomic E-state index is 0.0261. The summed E-state index contributed by atoms with van der Waals surface area (Å²) in [6.45, 7) is 6.02. The van der Waals surface area contributed by atoms with Crippen LogP contribution in [0.3, 0.4) is 0 Å². The Morgan fingerprint density at radius 1 is 1.53 bits per heavy atom. The summed E-state index contributed by atoms with van der Waals surface area (Å²) in [7, 11) is 0. The van der Waals surface area contributed by atoms with Crippen molar-refractivity contribution >= 4 is 21.8 Å². The van der Waals surface area contributed by atoms with E-state index in [0.29, 0.717) is 12.1 Å². The normalized spacial score (nSPS) is 12.8. The third-order valence-corrected chi connectivity index (χ3v) is 2.98. The van der Waals surface area contributed by atoms with Crippen LogP contribution in [0.2, 0.25) is 0 Å². The van der Waals surface area contributed by atoms with E-state index in [-0.39, 0.29) is 24.6 Å². The van der Waals surface area contributed by atoms with Crippen molar-refractivity contribution in [2.24, 2.45) is 0 Å². The molecule has 4 nitrogen and oxygen atoms in total. The lowest BCUT2D eigenvalue weighted by atomic mass is 10.2. The molecule has 0 fully saturated rings. The van der Waals surface area contributed by atoms with Gasteiger partial charge in [-0.3, -0.25) is 4.79 Å². The van der Waals surface area contributed by atoms with E-state index < -0.39 is 0 Å². The molecule has 1 rings (SSSR count). The van der Waals surface area contributed by atoms with Gasteiger partial charge in [-0.05, 0) is 49.2 Å². The summed E-state index contributed by atoms with van der Waals surface area (Å²) >= 11 is 3.38. The SMILES string of the molecule is CC(CCO)NC(=O)c1cc(Br)cn1C(C)C. The first-order chi connectivity index (χ1) is 7.95. The fourth-order valence-corrected chi connectivity index (χ4v) is 2.06. The summed E-state index contributed by atoms with van der Waals surface area (Å²) in [5.74, 6) is -0.106. The molecule has 96 valence electrons. The lowest BCUT2D eigenvalue weighted by Crippen LogP contribution is -2.34. The third kappa shape index (κ3) is 3.85. The molecule has 2 N–H and O–H groups in total. The van der Waals surface area contributed by atoms with E-state index in [1.807, 2.05) is 31.5 Å². The molecule has 1 amide bonds. The molecule has 0 aliphatic heterocycles. The molecule has 0 aliphatic rings. The number of rotatable bonds is 5. The van der Waals surface area contributed by atoms with Gasteiger partial charge in [0.1, 0.15) is 5.69 Å². The summed E-state index contributed by atoms with van der Waals surface area (Å²) in [4.78, 5) is 12.0. The molecule has 1 aromatic heterocycles. The molecule has 1 atom stereocenters. The lowest BCUT2D eigenvalue weighted by molar-refractivity contribution is 0.0923. The molecule has 1 aromatic rings. The lowest BCUT2D eigenvalue weighted by Gasteiger charge is -2.15. The summed E-state index contributed by atoms with van der Waals surface area (Å²) in [5, 5.41) is 11.7. The second-order valence-electron chi connectivity index (χ2n) is 4.43. The van der Waals surface area contributed by atoms with Crippen molar-refractivity contribution in [1.29, 1.82) is 0 Å². The predicted octanol–water partition coefficient (Wildman–Crippen LogP) is 2.33. The van der Waals surface area contributed by atoms with Crippen molar-refractivity contribution in [2.45, 2.75) is 39.3 Å². The fourth-order valence-electron chi connectivity index (χ4n) is 1.62. The highest BCUT2D eigenvalue weighted by molar-refractivity contribution is 9.10. The van der Waals surface area contributed by atoms with Crippen molar-refractivity contribution in [3.05, 3.63) is 22.4 Å². The van der Waals surface area contributed by atoms with Gasteiger partial charge in [-0.25, -0.2) is 0 Å². The Morgan fingerprint density at radius 3 is 2.71 bits per heavy atom. The van der Waals surface area contributed by atoms with E-state index in [0.717, 1.165) is 4.47 Å². The van der Waals surface area contributed by atoms with Gasteiger partial charge >= 0.3 is 0 Å². The zero-order valence-corrected chi connectivity index (χ0v) is 12.0. The molecule has 0 spiro atoms. The number of hydrogen-bond acceptors (Lipinski definition) is 2. The molecule has 17 heavy (non-hydrogen) atoms. The number of amides is 1. The van der Waals surface area contributed by atoms with Crippen molar-refractivity contribution in [1.82, 2.24) is 9.88 Å². The number of carbonyl (C=O) groups is 1. The Balaban J connectivity index is 2.81. The maximum atomic E-state index is 12.0. The maximum Gasteiger partial charge on any atom is 0.268 e. The average Bonchev–Trinajstić information content (AvgIpc) is 2.60. The van der Waals surface area contributed by atoms with Crippen LogP contribution in [0, 0.1) is 0 Å². The average molecular weight is 303 g/mol. The first kappa shape index (κ1) is 14.3. The largest absolute Gasteiger partial charge is 0.396 e. The van der Waals surface area contributed by atoms with E-state index in [1.165, 1.54) is 0 Å². The van der Waals surface area contributed by atoms with Crippen molar-refractivity contribution in [3.8, 4) is 0 Å². The predicted molar refractivity (Wildman–Crippen MR) is 71.1 cm³/mol. The summed E-state index contributed by atoms with van der Waals surface area (Å²) in [6.07, 6.45) is 2.46. The van der Waals surface area contributed by atoms with Gasteiger partial charge in [0.15, 0.2) is 0 Å². The quantitative estimate of drug-likeness (QED) is 0.877. The number of aromatic nitrogens is 1. The highest BCUT2D eigenvalue weighted by Gasteiger charge is 2.16. The molecule has 0 aromatic carbocycles. The zero-order chi connectivity index (χ0) is 13.0. The summed E-state index contributed by atoms with van der Waals surface area (Å²) < 4.78 is 2.82. The molecular weight excluding hydrogens is 284 g/mol. The Labute approximate surface area is 110 Å². The number of carbonyl (C=O) groups excluding carboxylic acids is 1. The van der Waals surface area contributed by atoms with E-state index in [4.69, 9.17) is 5.11 Å². The van der Waals surface area contributed by atoms with Gasteiger partial charge in [0, 0.05) is 29.4 Å². The van der Waals surface area contributed by atoms with Crippen LogP contribution >= 0.6 is 15.9 Å².